The van der Waals surface area contributed by atoms with Crippen molar-refractivity contribution in [1.29, 1.82) is 0 Å². The van der Waals surface area contributed by atoms with Gasteiger partial charge in [0.25, 0.3) is 0 Å². The minimum atomic E-state index is -0.0882. The van der Waals surface area contributed by atoms with E-state index in [0.29, 0.717) is 18.9 Å². The fraction of sp³-hybridized carbons (Fsp3) is 0.923. The van der Waals surface area contributed by atoms with Crippen molar-refractivity contribution in [2.75, 3.05) is 32.8 Å². The van der Waals surface area contributed by atoms with Crippen molar-refractivity contribution in [3.8, 4) is 0 Å². The predicted octanol–water partition coefficient (Wildman–Crippen LogP) is 1.04. The lowest BCUT2D eigenvalue weighted by Crippen LogP contribution is -2.48. The number of halogens is 2. The molecule has 0 aromatic heterocycles. The molecule has 0 bridgehead atoms. The van der Waals surface area contributed by atoms with Gasteiger partial charge in [0.15, 0.2) is 0 Å². The second-order valence-electron chi connectivity index (χ2n) is 5.63. The summed E-state index contributed by atoms with van der Waals surface area (Å²) in [6.45, 7) is 10.6. The van der Waals surface area contributed by atoms with Crippen molar-refractivity contribution in [2.45, 2.75) is 39.3 Å². The molecule has 7 heteroatoms. The Morgan fingerprint density at radius 3 is 2.60 bits per heavy atom. The molecular formula is C13H29Cl2N3O2. The third-order valence-electron chi connectivity index (χ3n) is 2.88. The maximum atomic E-state index is 11.5. The standard InChI is InChI=1S/C13H27N3O2.2ClH/c1-10(2)8-16-4-5-18-12(9-16)7-15-13(17)6-11(3)14;;/h10-12H,4-9,14H2,1-3H3,(H,15,17);2*1H. The van der Waals surface area contributed by atoms with Crippen LogP contribution >= 0.6 is 24.8 Å². The highest BCUT2D eigenvalue weighted by molar-refractivity contribution is 5.85. The maximum Gasteiger partial charge on any atom is 0.221 e. The number of hydrogen-bond donors (Lipinski definition) is 2. The number of morpholine rings is 1. The van der Waals surface area contributed by atoms with Crippen molar-refractivity contribution >= 4 is 30.7 Å². The number of ether oxygens (including phenoxy) is 1. The molecule has 1 rings (SSSR count). The Morgan fingerprint density at radius 2 is 2.05 bits per heavy atom. The molecule has 1 aliphatic rings. The van der Waals surface area contributed by atoms with Crippen LogP contribution in [-0.2, 0) is 9.53 Å². The van der Waals surface area contributed by atoms with Crippen LogP contribution in [0.3, 0.4) is 0 Å². The zero-order valence-corrected chi connectivity index (χ0v) is 14.3. The molecule has 0 radical (unpaired) electrons. The van der Waals surface area contributed by atoms with E-state index in [1.54, 1.807) is 0 Å². The van der Waals surface area contributed by atoms with Gasteiger partial charge in [-0.1, -0.05) is 13.8 Å². The first-order valence-electron chi connectivity index (χ1n) is 6.83. The third-order valence-corrected chi connectivity index (χ3v) is 2.88. The number of nitrogens with one attached hydrogen (secondary N) is 1. The molecule has 0 spiro atoms. The van der Waals surface area contributed by atoms with Gasteiger partial charge < -0.3 is 15.8 Å². The average molecular weight is 330 g/mol. The molecule has 20 heavy (non-hydrogen) atoms. The van der Waals surface area contributed by atoms with Crippen molar-refractivity contribution in [3.05, 3.63) is 0 Å². The second kappa shape index (κ2) is 11.6. The Kier molecular flexibility index (Phi) is 12.9. The van der Waals surface area contributed by atoms with Crippen molar-refractivity contribution in [1.82, 2.24) is 10.2 Å². The van der Waals surface area contributed by atoms with Crippen molar-refractivity contribution in [3.63, 3.8) is 0 Å². The number of rotatable bonds is 6. The minimum absolute atomic E-state index is 0. The van der Waals surface area contributed by atoms with Crippen LogP contribution in [0.25, 0.3) is 0 Å². The molecule has 1 saturated heterocycles. The topological polar surface area (TPSA) is 67.6 Å². The van der Waals surface area contributed by atoms with E-state index in [1.807, 2.05) is 6.92 Å². The first kappa shape index (κ1) is 22.2. The summed E-state index contributed by atoms with van der Waals surface area (Å²) < 4.78 is 5.66. The Morgan fingerprint density at radius 1 is 1.40 bits per heavy atom. The fourth-order valence-electron chi connectivity index (χ4n) is 2.18. The van der Waals surface area contributed by atoms with Gasteiger partial charge in [0.1, 0.15) is 0 Å². The smallest absolute Gasteiger partial charge is 0.221 e. The molecule has 1 aliphatic heterocycles. The van der Waals surface area contributed by atoms with E-state index in [0.717, 1.165) is 26.2 Å². The largest absolute Gasteiger partial charge is 0.374 e. The summed E-state index contributed by atoms with van der Waals surface area (Å²) in [7, 11) is 0. The Hall–Kier alpha value is -0.0700. The van der Waals surface area contributed by atoms with Crippen LogP contribution < -0.4 is 11.1 Å². The molecule has 0 saturated carbocycles. The number of amides is 1. The second-order valence-corrected chi connectivity index (χ2v) is 5.63. The maximum absolute atomic E-state index is 11.5. The molecule has 1 heterocycles. The van der Waals surface area contributed by atoms with Crippen LogP contribution in [0.4, 0.5) is 0 Å². The molecule has 0 aromatic carbocycles. The number of hydrogen-bond acceptors (Lipinski definition) is 4. The van der Waals surface area contributed by atoms with Gasteiger partial charge in [-0.05, 0) is 12.8 Å². The summed E-state index contributed by atoms with van der Waals surface area (Å²) in [4.78, 5) is 13.9. The van der Waals surface area contributed by atoms with Crippen LogP contribution in [0.1, 0.15) is 27.2 Å². The van der Waals surface area contributed by atoms with E-state index in [4.69, 9.17) is 10.5 Å². The summed E-state index contributed by atoms with van der Waals surface area (Å²) in [6, 6.07) is -0.0882. The van der Waals surface area contributed by atoms with E-state index in [-0.39, 0.29) is 42.9 Å². The molecule has 5 nitrogen and oxygen atoms in total. The highest BCUT2D eigenvalue weighted by Crippen LogP contribution is 2.07. The number of nitrogens with two attached hydrogens (primary N) is 1. The van der Waals surface area contributed by atoms with Crippen molar-refractivity contribution < 1.29 is 9.53 Å². The van der Waals surface area contributed by atoms with Gasteiger partial charge in [-0.3, -0.25) is 9.69 Å². The lowest BCUT2D eigenvalue weighted by molar-refractivity contribution is -0.122. The zero-order chi connectivity index (χ0) is 13.5. The predicted molar refractivity (Wildman–Crippen MR) is 86.8 cm³/mol. The van der Waals surface area contributed by atoms with Gasteiger partial charge in [-0.25, -0.2) is 0 Å². The molecule has 2 unspecified atom stereocenters. The van der Waals surface area contributed by atoms with Crippen LogP contribution in [0.5, 0.6) is 0 Å². The number of carbonyl (C=O) groups excluding carboxylic acids is 1. The molecule has 122 valence electrons. The van der Waals surface area contributed by atoms with Gasteiger partial charge in [0.2, 0.25) is 5.91 Å². The number of carbonyl (C=O) groups is 1. The van der Waals surface area contributed by atoms with E-state index >= 15 is 0 Å². The minimum Gasteiger partial charge on any atom is -0.374 e. The zero-order valence-electron chi connectivity index (χ0n) is 12.6. The molecule has 3 N–H and O–H groups in total. The molecule has 2 atom stereocenters. The Labute approximate surface area is 134 Å². The van der Waals surface area contributed by atoms with E-state index in [1.165, 1.54) is 0 Å². The summed E-state index contributed by atoms with van der Waals surface area (Å²) >= 11 is 0. The first-order valence-corrected chi connectivity index (χ1v) is 6.83. The summed E-state index contributed by atoms with van der Waals surface area (Å²) in [5, 5.41) is 2.89. The Balaban J connectivity index is 0. The molecule has 1 fully saturated rings. The average Bonchev–Trinajstić information content (AvgIpc) is 2.25. The van der Waals surface area contributed by atoms with Crippen molar-refractivity contribution in [2.24, 2.45) is 11.7 Å². The quantitative estimate of drug-likeness (QED) is 0.764. The van der Waals surface area contributed by atoms with Gasteiger partial charge in [-0.15, -0.1) is 24.8 Å². The van der Waals surface area contributed by atoms with Gasteiger partial charge in [-0.2, -0.15) is 0 Å². The van der Waals surface area contributed by atoms with E-state index in [9.17, 15) is 4.79 Å². The van der Waals surface area contributed by atoms with Crippen LogP contribution in [0.2, 0.25) is 0 Å². The van der Waals surface area contributed by atoms with Crippen LogP contribution in [0.15, 0.2) is 0 Å². The third kappa shape index (κ3) is 9.77. The SMILES string of the molecule is CC(C)CN1CCOC(CNC(=O)CC(C)N)C1.Cl.Cl. The van der Waals surface area contributed by atoms with Gasteiger partial charge in [0.05, 0.1) is 12.7 Å². The lowest BCUT2D eigenvalue weighted by Gasteiger charge is -2.34. The normalized spacial score (nSPS) is 20.8. The molecular weight excluding hydrogens is 301 g/mol. The molecule has 0 aromatic rings. The first-order chi connectivity index (χ1) is 8.47. The summed E-state index contributed by atoms with van der Waals surface area (Å²) in [5.41, 5.74) is 5.58. The monoisotopic (exact) mass is 329 g/mol. The molecule has 1 amide bonds. The van der Waals surface area contributed by atoms with Gasteiger partial charge >= 0.3 is 0 Å². The number of nitrogens with zero attached hydrogens (tertiary/aromatic N) is 1. The summed E-state index contributed by atoms with van der Waals surface area (Å²) in [5.74, 6) is 0.672. The van der Waals surface area contributed by atoms with Gasteiger partial charge in [0, 0.05) is 38.6 Å². The fourth-order valence-corrected chi connectivity index (χ4v) is 2.18. The van der Waals surface area contributed by atoms with Crippen LogP contribution in [0, 0.1) is 5.92 Å². The van der Waals surface area contributed by atoms with Crippen LogP contribution in [-0.4, -0.2) is 55.7 Å². The highest BCUT2D eigenvalue weighted by Gasteiger charge is 2.21. The molecule has 0 aliphatic carbocycles. The Bertz CT molecular complexity index is 266. The van der Waals surface area contributed by atoms with E-state index in [2.05, 4.69) is 24.1 Å². The lowest BCUT2D eigenvalue weighted by atomic mass is 10.1. The van der Waals surface area contributed by atoms with E-state index < -0.39 is 0 Å². The summed E-state index contributed by atoms with van der Waals surface area (Å²) in [6.07, 6.45) is 0.483. The highest BCUT2D eigenvalue weighted by atomic mass is 35.5.